The number of hydrogen-bond acceptors (Lipinski definition) is 5. The molecule has 190 valence electrons. The van der Waals surface area contributed by atoms with Gasteiger partial charge in [-0.25, -0.2) is 0 Å². The maximum atomic E-state index is 13.3. The Morgan fingerprint density at radius 1 is 1.06 bits per heavy atom. The Hall–Kier alpha value is -2.94. The first-order valence-corrected chi connectivity index (χ1v) is 12.1. The van der Waals surface area contributed by atoms with Crippen LogP contribution in [0.3, 0.4) is 0 Å². The Morgan fingerprint density at radius 2 is 1.71 bits per heavy atom. The molecule has 0 radical (unpaired) electrons. The second-order valence-corrected chi connectivity index (χ2v) is 9.38. The number of benzene rings is 2. The van der Waals surface area contributed by atoms with Crippen LogP contribution in [0.25, 0.3) is 0 Å². The third-order valence-corrected chi connectivity index (χ3v) is 6.93. The Balaban J connectivity index is 1.20. The van der Waals surface area contributed by atoms with Crippen molar-refractivity contribution < 1.29 is 22.7 Å². The largest absolute Gasteiger partial charge is 0.418 e. The highest BCUT2D eigenvalue weighted by Crippen LogP contribution is 2.37. The van der Waals surface area contributed by atoms with Crippen LogP contribution >= 0.6 is 0 Å². The lowest BCUT2D eigenvalue weighted by atomic mass is 9.92. The Morgan fingerprint density at radius 3 is 2.34 bits per heavy atom. The second kappa shape index (κ2) is 10.8. The number of nitrogen functional groups attached to an aromatic ring is 1. The number of rotatable bonds is 6. The molecule has 35 heavy (non-hydrogen) atoms. The zero-order chi connectivity index (χ0) is 25.0. The minimum absolute atomic E-state index is 0.00925. The lowest BCUT2D eigenvalue weighted by molar-refractivity contribution is -0.139. The number of amides is 1. The van der Waals surface area contributed by atoms with E-state index >= 15 is 0 Å². The summed E-state index contributed by atoms with van der Waals surface area (Å²) in [5, 5.41) is 3.23. The summed E-state index contributed by atoms with van der Waals surface area (Å²) in [6.07, 6.45) is -1.46. The third kappa shape index (κ3) is 6.39. The van der Waals surface area contributed by atoms with E-state index in [-0.39, 0.29) is 30.3 Å². The number of nitrogens with one attached hydrogen (secondary N) is 1. The summed E-state index contributed by atoms with van der Waals surface area (Å²) in [5.74, 6) is 0.00925. The van der Waals surface area contributed by atoms with Gasteiger partial charge in [-0.3, -0.25) is 4.79 Å². The fourth-order valence-electron chi connectivity index (χ4n) is 4.86. The highest BCUT2D eigenvalue weighted by atomic mass is 19.4. The van der Waals surface area contributed by atoms with E-state index in [1.54, 1.807) is 13.0 Å². The number of aryl methyl sites for hydroxylation is 1. The molecule has 0 bridgehead atoms. The van der Waals surface area contributed by atoms with Crippen LogP contribution in [0.4, 0.5) is 30.2 Å². The van der Waals surface area contributed by atoms with Gasteiger partial charge in [0.05, 0.1) is 11.7 Å². The molecule has 9 heteroatoms. The maximum absolute atomic E-state index is 13.3. The van der Waals surface area contributed by atoms with Gasteiger partial charge in [0.25, 0.3) is 0 Å². The predicted octanol–water partition coefficient (Wildman–Crippen LogP) is 4.68. The monoisotopic (exact) mass is 490 g/mol. The van der Waals surface area contributed by atoms with Crippen molar-refractivity contribution in [3.05, 3.63) is 53.6 Å². The van der Waals surface area contributed by atoms with E-state index in [0.29, 0.717) is 24.3 Å². The van der Waals surface area contributed by atoms with Gasteiger partial charge in [0, 0.05) is 49.3 Å². The summed E-state index contributed by atoms with van der Waals surface area (Å²) in [4.78, 5) is 16.8. The van der Waals surface area contributed by atoms with E-state index in [2.05, 4.69) is 22.3 Å². The number of piperazine rings is 1. The lowest BCUT2D eigenvalue weighted by Gasteiger charge is -2.36. The zero-order valence-corrected chi connectivity index (χ0v) is 20.0. The van der Waals surface area contributed by atoms with Gasteiger partial charge in [0.1, 0.15) is 6.61 Å². The van der Waals surface area contributed by atoms with E-state index < -0.39 is 11.7 Å². The molecular weight excluding hydrogens is 457 g/mol. The first-order chi connectivity index (χ1) is 16.7. The number of para-hydroxylation sites is 1. The van der Waals surface area contributed by atoms with E-state index in [1.807, 2.05) is 23.1 Å². The Labute approximate surface area is 204 Å². The molecule has 3 N–H and O–H groups in total. The van der Waals surface area contributed by atoms with Gasteiger partial charge >= 0.3 is 6.18 Å². The number of carbonyl (C=O) groups is 1. The molecule has 0 atom stereocenters. The third-order valence-electron chi connectivity index (χ3n) is 6.93. The van der Waals surface area contributed by atoms with E-state index in [9.17, 15) is 18.0 Å². The van der Waals surface area contributed by atoms with Crippen molar-refractivity contribution in [3.63, 3.8) is 0 Å². The number of ether oxygens (including phenoxy) is 1. The van der Waals surface area contributed by atoms with Crippen LogP contribution in [0.1, 0.15) is 36.8 Å². The normalized spacial score (nSPS) is 21.1. The molecule has 1 amide bonds. The van der Waals surface area contributed by atoms with Crippen LogP contribution in [-0.4, -0.2) is 55.7 Å². The molecule has 1 saturated heterocycles. The van der Waals surface area contributed by atoms with Gasteiger partial charge in [-0.15, -0.1) is 0 Å². The van der Waals surface area contributed by atoms with Crippen molar-refractivity contribution >= 4 is 23.0 Å². The van der Waals surface area contributed by atoms with Crippen LogP contribution in [0.2, 0.25) is 0 Å². The van der Waals surface area contributed by atoms with Crippen LogP contribution < -0.4 is 16.0 Å². The average molecular weight is 491 g/mol. The van der Waals surface area contributed by atoms with Crippen molar-refractivity contribution in [1.82, 2.24) is 4.90 Å². The first-order valence-electron chi connectivity index (χ1n) is 12.1. The van der Waals surface area contributed by atoms with Crippen LogP contribution in [-0.2, 0) is 15.7 Å². The summed E-state index contributed by atoms with van der Waals surface area (Å²) in [6, 6.07) is 13.0. The summed E-state index contributed by atoms with van der Waals surface area (Å²) in [6.45, 7) is 4.60. The molecule has 0 unspecified atom stereocenters. The molecule has 1 aliphatic carbocycles. The van der Waals surface area contributed by atoms with Gasteiger partial charge in [-0.2, -0.15) is 13.2 Å². The minimum Gasteiger partial charge on any atom is -0.398 e. The molecule has 6 nitrogen and oxygen atoms in total. The molecule has 2 aliphatic rings. The fraction of sp³-hybridized carbons (Fsp3) is 0.500. The van der Waals surface area contributed by atoms with Crippen LogP contribution in [0.5, 0.6) is 0 Å². The average Bonchev–Trinajstić information content (AvgIpc) is 2.85. The summed E-state index contributed by atoms with van der Waals surface area (Å²) >= 11 is 0. The number of alkyl halides is 3. The van der Waals surface area contributed by atoms with Gasteiger partial charge < -0.3 is 25.6 Å². The SMILES string of the molecule is Cc1cc(NC2CCC(OCC(=O)N3CCN(c4ccccc4)CC3)CC2)cc(C(F)(F)F)c1N. The fourth-order valence-corrected chi connectivity index (χ4v) is 4.86. The van der Waals surface area contributed by atoms with E-state index in [1.165, 1.54) is 5.69 Å². The van der Waals surface area contributed by atoms with Crippen molar-refractivity contribution in [2.45, 2.75) is 50.9 Å². The molecule has 0 aromatic heterocycles. The summed E-state index contributed by atoms with van der Waals surface area (Å²) < 4.78 is 45.7. The lowest BCUT2D eigenvalue weighted by Crippen LogP contribution is -2.50. The predicted molar refractivity (Wildman–Crippen MR) is 131 cm³/mol. The van der Waals surface area contributed by atoms with E-state index in [4.69, 9.17) is 10.5 Å². The molecule has 1 saturated carbocycles. The highest BCUT2D eigenvalue weighted by molar-refractivity contribution is 5.77. The number of nitrogens with zero attached hydrogens (tertiary/aromatic N) is 2. The molecule has 2 aromatic carbocycles. The maximum Gasteiger partial charge on any atom is 0.418 e. The quantitative estimate of drug-likeness (QED) is 0.576. The van der Waals surface area contributed by atoms with Crippen molar-refractivity contribution in [2.24, 2.45) is 0 Å². The van der Waals surface area contributed by atoms with Gasteiger partial charge in [-0.05, 0) is 62.4 Å². The summed E-state index contributed by atoms with van der Waals surface area (Å²) in [5.41, 5.74) is 6.61. The number of carbonyl (C=O) groups excluding carboxylic acids is 1. The molecule has 1 heterocycles. The number of halogens is 3. The zero-order valence-electron chi connectivity index (χ0n) is 20.0. The topological polar surface area (TPSA) is 70.8 Å². The van der Waals surface area contributed by atoms with Crippen LogP contribution in [0, 0.1) is 6.92 Å². The van der Waals surface area contributed by atoms with Gasteiger partial charge in [0.2, 0.25) is 5.91 Å². The Kier molecular flexibility index (Phi) is 7.74. The van der Waals surface area contributed by atoms with Crippen LogP contribution in [0.15, 0.2) is 42.5 Å². The highest BCUT2D eigenvalue weighted by Gasteiger charge is 2.34. The molecular formula is C26H33F3N4O2. The molecule has 4 rings (SSSR count). The van der Waals surface area contributed by atoms with E-state index in [0.717, 1.165) is 44.8 Å². The molecule has 1 aliphatic heterocycles. The molecule has 2 fully saturated rings. The first kappa shape index (κ1) is 25.2. The standard InChI is InChI=1S/C26H33F3N4O2/c1-18-15-20(16-23(25(18)30)26(27,28)29)31-19-7-9-22(10-8-19)35-17-24(34)33-13-11-32(12-14-33)21-5-3-2-4-6-21/h2-6,15-16,19,22,31H,7-14,17,30H2,1H3. The minimum atomic E-state index is -4.49. The smallest absolute Gasteiger partial charge is 0.398 e. The van der Waals surface area contributed by atoms with Gasteiger partial charge in [-0.1, -0.05) is 18.2 Å². The second-order valence-electron chi connectivity index (χ2n) is 9.38. The summed E-state index contributed by atoms with van der Waals surface area (Å²) in [7, 11) is 0. The molecule has 2 aromatic rings. The van der Waals surface area contributed by atoms with Gasteiger partial charge in [0.15, 0.2) is 0 Å². The number of anilines is 3. The van der Waals surface area contributed by atoms with Crippen molar-refractivity contribution in [2.75, 3.05) is 48.7 Å². The van der Waals surface area contributed by atoms with Crippen molar-refractivity contribution in [3.8, 4) is 0 Å². The number of hydrogen-bond donors (Lipinski definition) is 2. The molecule has 0 spiro atoms. The Bertz CT molecular complexity index is 1000. The number of nitrogens with two attached hydrogens (primary N) is 1. The van der Waals surface area contributed by atoms with Crippen molar-refractivity contribution in [1.29, 1.82) is 0 Å².